The van der Waals surface area contributed by atoms with Crippen LogP contribution in [0.25, 0.3) is 0 Å². The Morgan fingerprint density at radius 3 is 2.61 bits per heavy atom. The fourth-order valence-electron chi connectivity index (χ4n) is 0.897. The van der Waals surface area contributed by atoms with Crippen LogP contribution in [-0.4, -0.2) is 17.3 Å². The highest BCUT2D eigenvalue weighted by atomic mass is 35.5. The van der Waals surface area contributed by atoms with Gasteiger partial charge in [-0.1, -0.05) is 23.2 Å². The Morgan fingerprint density at radius 2 is 2.06 bits per heavy atom. The maximum Gasteiger partial charge on any atom is 0.348 e. The predicted molar refractivity (Wildman–Crippen MR) is 64.8 cm³/mol. The van der Waals surface area contributed by atoms with E-state index in [4.69, 9.17) is 28.3 Å². The van der Waals surface area contributed by atoms with Crippen LogP contribution >= 0.6 is 23.2 Å². The second-order valence-electron chi connectivity index (χ2n) is 2.96. The molecule has 8 heteroatoms. The summed E-state index contributed by atoms with van der Waals surface area (Å²) >= 11 is 10.8. The standard InChI is InChI=1S/C10H6Cl2F2N2O2/c11-6(9(12)10(17)18)4-15-16-8-2-1-5(13)3-7(8)14/h1-4,16H,(H,17,18). The first kappa shape index (κ1) is 14.4. The number of hydrazone groups is 1. The van der Waals surface area contributed by atoms with Crippen molar-refractivity contribution in [2.24, 2.45) is 5.10 Å². The number of rotatable bonds is 4. The van der Waals surface area contributed by atoms with Crippen LogP contribution in [0.2, 0.25) is 0 Å². The zero-order valence-corrected chi connectivity index (χ0v) is 10.1. The molecule has 0 amide bonds. The Bertz CT molecular complexity index is 533. The van der Waals surface area contributed by atoms with E-state index in [1.54, 1.807) is 0 Å². The lowest BCUT2D eigenvalue weighted by Gasteiger charge is -2.01. The minimum atomic E-state index is -1.42. The van der Waals surface area contributed by atoms with Gasteiger partial charge in [0.15, 0.2) is 5.82 Å². The lowest BCUT2D eigenvalue weighted by molar-refractivity contribution is -0.131. The van der Waals surface area contributed by atoms with Gasteiger partial charge in [0.1, 0.15) is 10.8 Å². The number of hydrogen-bond acceptors (Lipinski definition) is 3. The van der Waals surface area contributed by atoms with Crippen molar-refractivity contribution in [3.05, 3.63) is 39.9 Å². The molecule has 0 fully saturated rings. The fourth-order valence-corrected chi connectivity index (χ4v) is 1.08. The van der Waals surface area contributed by atoms with Gasteiger partial charge < -0.3 is 5.11 Å². The topological polar surface area (TPSA) is 61.7 Å². The quantitative estimate of drug-likeness (QED) is 0.509. The van der Waals surface area contributed by atoms with E-state index in [1.165, 1.54) is 0 Å². The second kappa shape index (κ2) is 6.32. The highest BCUT2D eigenvalue weighted by molar-refractivity contribution is 6.51. The Morgan fingerprint density at radius 1 is 1.39 bits per heavy atom. The van der Waals surface area contributed by atoms with E-state index in [9.17, 15) is 13.6 Å². The number of nitrogens with zero attached hydrogens (tertiary/aromatic N) is 1. The Balaban J connectivity index is 2.77. The molecule has 0 aromatic heterocycles. The monoisotopic (exact) mass is 294 g/mol. The van der Waals surface area contributed by atoms with E-state index in [1.807, 2.05) is 0 Å². The van der Waals surface area contributed by atoms with Crippen LogP contribution in [0, 0.1) is 11.6 Å². The molecule has 0 aliphatic carbocycles. The van der Waals surface area contributed by atoms with Crippen LogP contribution in [0.5, 0.6) is 0 Å². The first-order chi connectivity index (χ1) is 8.41. The van der Waals surface area contributed by atoms with Gasteiger partial charge >= 0.3 is 5.97 Å². The van der Waals surface area contributed by atoms with Gasteiger partial charge in [0.05, 0.1) is 16.9 Å². The van der Waals surface area contributed by atoms with E-state index >= 15 is 0 Å². The number of nitrogens with one attached hydrogen (secondary N) is 1. The normalized spacial score (nSPS) is 12.4. The third-order valence-electron chi connectivity index (χ3n) is 1.69. The summed E-state index contributed by atoms with van der Waals surface area (Å²) in [4.78, 5) is 10.4. The molecular formula is C10H6Cl2F2N2O2. The average molecular weight is 295 g/mol. The molecule has 0 saturated carbocycles. The zero-order valence-electron chi connectivity index (χ0n) is 8.62. The number of carboxylic acids is 1. The molecular weight excluding hydrogens is 289 g/mol. The van der Waals surface area contributed by atoms with Crippen LogP contribution in [0.15, 0.2) is 33.4 Å². The lowest BCUT2D eigenvalue weighted by Crippen LogP contribution is -1.98. The number of benzene rings is 1. The predicted octanol–water partition coefficient (Wildman–Crippen LogP) is 3.14. The smallest absolute Gasteiger partial charge is 0.348 e. The zero-order chi connectivity index (χ0) is 13.7. The minimum absolute atomic E-state index is 0.0939. The molecule has 0 radical (unpaired) electrons. The van der Waals surface area contributed by atoms with Gasteiger partial charge in [-0.2, -0.15) is 5.10 Å². The molecule has 0 aliphatic rings. The van der Waals surface area contributed by atoms with Crippen molar-refractivity contribution in [1.29, 1.82) is 0 Å². The van der Waals surface area contributed by atoms with Crippen molar-refractivity contribution in [2.45, 2.75) is 0 Å². The van der Waals surface area contributed by atoms with Crippen LogP contribution in [-0.2, 0) is 4.79 Å². The molecule has 0 heterocycles. The first-order valence-corrected chi connectivity index (χ1v) is 5.20. The average Bonchev–Trinajstić information content (AvgIpc) is 2.30. The molecule has 0 saturated heterocycles. The van der Waals surface area contributed by atoms with E-state index in [2.05, 4.69) is 10.5 Å². The molecule has 1 aromatic carbocycles. The molecule has 2 N–H and O–H groups in total. The molecule has 0 atom stereocenters. The van der Waals surface area contributed by atoms with Crippen molar-refractivity contribution in [3.63, 3.8) is 0 Å². The van der Waals surface area contributed by atoms with E-state index < -0.39 is 22.6 Å². The van der Waals surface area contributed by atoms with Crippen LogP contribution in [0.4, 0.5) is 14.5 Å². The Hall–Kier alpha value is -1.66. The van der Waals surface area contributed by atoms with Gasteiger partial charge in [0.25, 0.3) is 0 Å². The van der Waals surface area contributed by atoms with Gasteiger partial charge in [0.2, 0.25) is 0 Å². The molecule has 1 aromatic rings. The number of aliphatic carboxylic acids is 1. The fraction of sp³-hybridized carbons (Fsp3) is 0. The largest absolute Gasteiger partial charge is 0.477 e. The molecule has 1 rings (SSSR count). The molecule has 0 unspecified atom stereocenters. The van der Waals surface area contributed by atoms with Crippen molar-refractivity contribution < 1.29 is 18.7 Å². The van der Waals surface area contributed by atoms with Gasteiger partial charge in [0, 0.05) is 6.07 Å². The van der Waals surface area contributed by atoms with Crippen molar-refractivity contribution in [3.8, 4) is 0 Å². The number of hydrogen-bond donors (Lipinski definition) is 2. The third-order valence-corrected chi connectivity index (χ3v) is 2.44. The number of anilines is 1. The van der Waals surface area contributed by atoms with E-state index in [0.29, 0.717) is 6.07 Å². The molecule has 0 aliphatic heterocycles. The second-order valence-corrected chi connectivity index (χ2v) is 3.75. The van der Waals surface area contributed by atoms with Gasteiger partial charge in [-0.25, -0.2) is 13.6 Å². The Labute approximate surface area is 111 Å². The summed E-state index contributed by atoms with van der Waals surface area (Å²) in [5.41, 5.74) is 2.13. The summed E-state index contributed by atoms with van der Waals surface area (Å²) in [6.07, 6.45) is 0.890. The maximum absolute atomic E-state index is 13.1. The summed E-state index contributed by atoms with van der Waals surface area (Å²) < 4.78 is 25.7. The van der Waals surface area contributed by atoms with Crippen LogP contribution < -0.4 is 5.43 Å². The number of allylic oxidation sites excluding steroid dienone is 1. The van der Waals surface area contributed by atoms with Gasteiger partial charge in [-0.3, -0.25) is 5.43 Å². The van der Waals surface area contributed by atoms with Crippen LogP contribution in [0.3, 0.4) is 0 Å². The van der Waals surface area contributed by atoms with Crippen LogP contribution in [0.1, 0.15) is 0 Å². The summed E-state index contributed by atoms with van der Waals surface area (Å²) in [5.74, 6) is -2.99. The van der Waals surface area contributed by atoms with Gasteiger partial charge in [-0.05, 0) is 12.1 Å². The third kappa shape index (κ3) is 3.97. The summed E-state index contributed by atoms with van der Waals surface area (Å²) in [5, 5.41) is 11.0. The molecule has 0 spiro atoms. The van der Waals surface area contributed by atoms with Crippen molar-refractivity contribution in [2.75, 3.05) is 5.43 Å². The molecule has 96 valence electrons. The molecule has 4 nitrogen and oxygen atoms in total. The first-order valence-electron chi connectivity index (χ1n) is 4.44. The number of carboxylic acid groups (broad SMARTS) is 1. The van der Waals surface area contributed by atoms with Crippen molar-refractivity contribution >= 4 is 41.1 Å². The van der Waals surface area contributed by atoms with Gasteiger partial charge in [-0.15, -0.1) is 0 Å². The Kier molecular flexibility index (Phi) is 5.06. The van der Waals surface area contributed by atoms with E-state index in [0.717, 1.165) is 18.3 Å². The highest BCUT2D eigenvalue weighted by Gasteiger charge is 2.08. The molecule has 18 heavy (non-hydrogen) atoms. The number of carbonyl (C=O) groups is 1. The SMILES string of the molecule is O=C(O)C(Cl)=C(Cl)C=NNc1ccc(F)cc1F. The lowest BCUT2D eigenvalue weighted by atomic mass is 10.3. The highest BCUT2D eigenvalue weighted by Crippen LogP contribution is 2.15. The summed E-state index contributed by atoms with van der Waals surface area (Å²) in [6.45, 7) is 0. The van der Waals surface area contributed by atoms with Crippen molar-refractivity contribution in [1.82, 2.24) is 0 Å². The minimum Gasteiger partial charge on any atom is -0.477 e. The number of halogens is 4. The summed E-state index contributed by atoms with van der Waals surface area (Å²) in [6, 6.07) is 2.82. The maximum atomic E-state index is 13.1. The summed E-state index contributed by atoms with van der Waals surface area (Å²) in [7, 11) is 0. The van der Waals surface area contributed by atoms with E-state index in [-0.39, 0.29) is 10.7 Å². The molecule has 0 bridgehead atoms.